The first kappa shape index (κ1) is 23.7. The fraction of sp³-hybridized carbons (Fsp3) is 0.526. The van der Waals surface area contributed by atoms with Crippen LogP contribution in [0, 0.1) is 13.8 Å². The molecular formula is C19H35N. The molecule has 0 fully saturated rings. The van der Waals surface area contributed by atoms with Crippen LogP contribution < -0.4 is 0 Å². The van der Waals surface area contributed by atoms with E-state index in [0.29, 0.717) is 0 Å². The van der Waals surface area contributed by atoms with Crippen molar-refractivity contribution in [3.63, 3.8) is 0 Å². The summed E-state index contributed by atoms with van der Waals surface area (Å²) in [6.45, 7) is 14.5. The summed E-state index contributed by atoms with van der Waals surface area (Å²) < 4.78 is 0. The second-order valence-electron chi connectivity index (χ2n) is 4.27. The molecule has 1 aromatic carbocycles. The molecule has 1 aromatic rings. The smallest absolute Gasteiger partial charge is 0.0273 e. The molecule has 0 atom stereocenters. The molecule has 0 saturated heterocycles. The van der Waals surface area contributed by atoms with Gasteiger partial charge in [-0.25, -0.2) is 0 Å². The normalized spacial score (nSPS) is 9.00. The number of aliphatic imine (C=N–C) groups is 1. The van der Waals surface area contributed by atoms with Gasteiger partial charge in [0.15, 0.2) is 0 Å². The molecule has 0 saturated carbocycles. The van der Waals surface area contributed by atoms with E-state index in [1.165, 1.54) is 24.0 Å². The molecule has 20 heavy (non-hydrogen) atoms. The number of allylic oxidation sites excluding steroid dienone is 2. The van der Waals surface area contributed by atoms with E-state index < -0.39 is 0 Å². The van der Waals surface area contributed by atoms with Crippen LogP contribution in [-0.4, -0.2) is 13.3 Å². The quantitative estimate of drug-likeness (QED) is 0.416. The molecular weight excluding hydrogens is 242 g/mol. The third kappa shape index (κ3) is 25.5. The Kier molecular flexibility index (Phi) is 27.0. The number of aryl methyl sites for hydroxylation is 2. The van der Waals surface area contributed by atoms with Crippen molar-refractivity contribution in [3.05, 3.63) is 47.5 Å². The van der Waals surface area contributed by atoms with Crippen LogP contribution in [0.5, 0.6) is 0 Å². The van der Waals surface area contributed by atoms with Crippen LogP contribution in [0.15, 0.2) is 41.4 Å². The Balaban J connectivity index is -0.000000209. The van der Waals surface area contributed by atoms with Gasteiger partial charge in [0.25, 0.3) is 0 Å². The molecule has 0 N–H and O–H groups in total. The van der Waals surface area contributed by atoms with E-state index in [2.05, 4.69) is 57.0 Å². The lowest BCUT2D eigenvalue weighted by atomic mass is 10.1. The fourth-order valence-corrected chi connectivity index (χ4v) is 0.663. The number of hydrogen-bond acceptors (Lipinski definition) is 1. The predicted octanol–water partition coefficient (Wildman–Crippen LogP) is 6.40. The monoisotopic (exact) mass is 277 g/mol. The van der Waals surface area contributed by atoms with Crippen LogP contribution in [0.2, 0.25) is 0 Å². The van der Waals surface area contributed by atoms with Gasteiger partial charge in [-0.2, -0.15) is 0 Å². The number of rotatable bonds is 1. The molecule has 0 bridgehead atoms. The molecule has 116 valence electrons. The topological polar surface area (TPSA) is 12.4 Å². The minimum Gasteiger partial charge on any atom is -0.301 e. The molecule has 0 aliphatic heterocycles. The van der Waals surface area contributed by atoms with Crippen molar-refractivity contribution in [2.24, 2.45) is 4.99 Å². The van der Waals surface area contributed by atoms with Crippen molar-refractivity contribution in [2.75, 3.05) is 7.05 Å². The first-order valence-electron chi connectivity index (χ1n) is 7.51. The minimum absolute atomic E-state index is 1.32. The maximum atomic E-state index is 3.61. The average Bonchev–Trinajstić information content (AvgIpc) is 2.51. The number of hydrogen-bond donors (Lipinski definition) is 0. The van der Waals surface area contributed by atoms with Crippen LogP contribution in [-0.2, 0) is 0 Å². The Morgan fingerprint density at radius 3 is 1.25 bits per heavy atom. The van der Waals surface area contributed by atoms with Gasteiger partial charge in [0.05, 0.1) is 0 Å². The highest BCUT2D eigenvalue weighted by Crippen LogP contribution is 2.02. The van der Waals surface area contributed by atoms with Crippen LogP contribution >= 0.6 is 0 Å². The maximum absolute atomic E-state index is 3.61. The zero-order valence-corrected chi connectivity index (χ0v) is 14.9. The summed E-state index contributed by atoms with van der Waals surface area (Å²) in [7, 11) is 1.75. The molecule has 0 spiro atoms. The van der Waals surface area contributed by atoms with Gasteiger partial charge in [0.1, 0.15) is 0 Å². The SMILES string of the molecule is C/C=C\C.CC=NC.CCCC.Cc1ccccc1C. The summed E-state index contributed by atoms with van der Waals surface area (Å²) in [5.41, 5.74) is 2.74. The summed E-state index contributed by atoms with van der Waals surface area (Å²) in [5, 5.41) is 0. The van der Waals surface area contributed by atoms with Gasteiger partial charge >= 0.3 is 0 Å². The van der Waals surface area contributed by atoms with E-state index in [0.717, 1.165) is 0 Å². The standard InChI is InChI=1S/C8H10.C4H10.C4H8.C3H7N/c1-7-5-3-4-6-8(7)2;3*1-3-4-2/h3-6H,1-2H3;3-4H2,1-2H3;3-4H,1-2H3;3H,1-2H3/b;;4-3-;. The Hall–Kier alpha value is -1.37. The van der Waals surface area contributed by atoms with Crippen molar-refractivity contribution < 1.29 is 0 Å². The summed E-state index contributed by atoms with van der Waals surface area (Å²) in [6, 6.07) is 8.36. The van der Waals surface area contributed by atoms with Crippen molar-refractivity contribution in [2.45, 2.75) is 61.3 Å². The van der Waals surface area contributed by atoms with Crippen molar-refractivity contribution in [1.29, 1.82) is 0 Å². The zero-order chi connectivity index (χ0) is 16.2. The van der Waals surface area contributed by atoms with Gasteiger partial charge in [-0.15, -0.1) is 0 Å². The van der Waals surface area contributed by atoms with E-state index >= 15 is 0 Å². The molecule has 0 aliphatic carbocycles. The van der Waals surface area contributed by atoms with Gasteiger partial charge in [0, 0.05) is 7.05 Å². The second kappa shape index (κ2) is 22.8. The van der Waals surface area contributed by atoms with Crippen molar-refractivity contribution in [1.82, 2.24) is 0 Å². The van der Waals surface area contributed by atoms with Crippen molar-refractivity contribution >= 4 is 6.21 Å². The van der Waals surface area contributed by atoms with Gasteiger partial charge in [-0.05, 0) is 52.0 Å². The second-order valence-corrected chi connectivity index (χ2v) is 4.27. The molecule has 1 nitrogen and oxygen atoms in total. The van der Waals surface area contributed by atoms with Gasteiger partial charge in [-0.1, -0.05) is 63.1 Å². The summed E-state index contributed by atoms with van der Waals surface area (Å²) in [6.07, 6.45) is 8.39. The Morgan fingerprint density at radius 2 is 1.15 bits per heavy atom. The summed E-state index contributed by atoms with van der Waals surface area (Å²) in [4.78, 5) is 3.61. The van der Waals surface area contributed by atoms with Crippen LogP contribution in [0.1, 0.15) is 58.6 Å². The van der Waals surface area contributed by atoms with Crippen LogP contribution in [0.4, 0.5) is 0 Å². The number of nitrogens with zero attached hydrogens (tertiary/aromatic N) is 1. The molecule has 0 aromatic heterocycles. The molecule has 0 unspecified atom stereocenters. The third-order valence-electron chi connectivity index (χ3n) is 2.52. The highest BCUT2D eigenvalue weighted by atomic mass is 14.6. The Labute approximate surface area is 127 Å². The summed E-state index contributed by atoms with van der Waals surface area (Å²) >= 11 is 0. The highest BCUT2D eigenvalue weighted by Gasteiger charge is 1.83. The van der Waals surface area contributed by atoms with Gasteiger partial charge in [0.2, 0.25) is 0 Å². The molecule has 0 heterocycles. The van der Waals surface area contributed by atoms with E-state index in [1.54, 1.807) is 13.3 Å². The molecule has 0 aliphatic rings. The van der Waals surface area contributed by atoms with E-state index in [9.17, 15) is 0 Å². The zero-order valence-electron chi connectivity index (χ0n) is 14.9. The Morgan fingerprint density at radius 1 is 0.850 bits per heavy atom. The van der Waals surface area contributed by atoms with E-state index in [1.807, 2.05) is 32.9 Å². The fourth-order valence-electron chi connectivity index (χ4n) is 0.663. The first-order valence-corrected chi connectivity index (χ1v) is 7.51. The minimum atomic E-state index is 1.32. The lowest BCUT2D eigenvalue weighted by molar-refractivity contribution is 0.886. The maximum Gasteiger partial charge on any atom is 0.0273 e. The van der Waals surface area contributed by atoms with E-state index in [4.69, 9.17) is 0 Å². The van der Waals surface area contributed by atoms with E-state index in [-0.39, 0.29) is 0 Å². The molecule has 0 amide bonds. The lowest BCUT2D eigenvalue weighted by Gasteiger charge is -1.93. The van der Waals surface area contributed by atoms with Gasteiger partial charge < -0.3 is 4.99 Å². The summed E-state index contributed by atoms with van der Waals surface area (Å²) in [5.74, 6) is 0. The van der Waals surface area contributed by atoms with Crippen LogP contribution in [0.3, 0.4) is 0 Å². The predicted molar refractivity (Wildman–Crippen MR) is 97.1 cm³/mol. The molecule has 1 rings (SSSR count). The first-order chi connectivity index (χ1) is 9.55. The Bertz CT molecular complexity index is 283. The number of unbranched alkanes of at least 4 members (excludes halogenated alkanes) is 1. The largest absolute Gasteiger partial charge is 0.301 e. The molecule has 0 radical (unpaired) electrons. The highest BCUT2D eigenvalue weighted by molar-refractivity contribution is 5.52. The molecule has 1 heteroatoms. The average molecular weight is 277 g/mol. The van der Waals surface area contributed by atoms with Crippen LogP contribution in [0.25, 0.3) is 0 Å². The number of benzene rings is 1. The van der Waals surface area contributed by atoms with Crippen molar-refractivity contribution in [3.8, 4) is 0 Å². The van der Waals surface area contributed by atoms with Gasteiger partial charge in [-0.3, -0.25) is 0 Å². The lowest BCUT2D eigenvalue weighted by Crippen LogP contribution is -1.74. The third-order valence-corrected chi connectivity index (χ3v) is 2.52.